The highest BCUT2D eigenvalue weighted by Gasteiger charge is 2.49. The standard InChI is InChI=1S/C30H56O8/c1-3-5-7-9-11-13-15-17-19-21-25(32)37-28-27(34)24(23-31)36-30(35)29(28)38-26(33)22-20-18-16-14-12-10-8-6-4-2/h24,27-31,34-35H,3-23H2,1-2H3/t24-,27-,28+,29-,30?/m1/s1. The Morgan fingerprint density at radius 2 is 0.974 bits per heavy atom. The second-order valence-corrected chi connectivity index (χ2v) is 10.8. The predicted molar refractivity (Wildman–Crippen MR) is 147 cm³/mol. The van der Waals surface area contributed by atoms with E-state index in [1.807, 2.05) is 0 Å². The van der Waals surface area contributed by atoms with Gasteiger partial charge < -0.3 is 29.5 Å². The van der Waals surface area contributed by atoms with Crippen molar-refractivity contribution in [3.63, 3.8) is 0 Å². The predicted octanol–water partition coefficient (Wildman–Crippen LogP) is 5.72. The van der Waals surface area contributed by atoms with Crippen LogP contribution in [0.5, 0.6) is 0 Å². The molecule has 0 aromatic carbocycles. The van der Waals surface area contributed by atoms with Crippen molar-refractivity contribution in [2.24, 2.45) is 0 Å². The number of esters is 2. The molecule has 3 N–H and O–H groups in total. The molecule has 0 amide bonds. The number of rotatable bonds is 23. The van der Waals surface area contributed by atoms with Gasteiger partial charge in [-0.1, -0.05) is 117 Å². The summed E-state index contributed by atoms with van der Waals surface area (Å²) in [7, 11) is 0. The number of hydrogen-bond donors (Lipinski definition) is 3. The first-order chi connectivity index (χ1) is 18.4. The Kier molecular flexibility index (Phi) is 20.7. The van der Waals surface area contributed by atoms with Gasteiger partial charge in [0.2, 0.25) is 0 Å². The fourth-order valence-corrected chi connectivity index (χ4v) is 4.90. The highest BCUT2D eigenvalue weighted by Crippen LogP contribution is 2.26. The summed E-state index contributed by atoms with van der Waals surface area (Å²) in [5.41, 5.74) is 0. The van der Waals surface area contributed by atoms with Gasteiger partial charge in [0, 0.05) is 12.8 Å². The summed E-state index contributed by atoms with van der Waals surface area (Å²) in [4.78, 5) is 24.9. The maximum Gasteiger partial charge on any atom is 0.306 e. The van der Waals surface area contributed by atoms with Gasteiger partial charge in [-0.3, -0.25) is 9.59 Å². The van der Waals surface area contributed by atoms with Gasteiger partial charge >= 0.3 is 11.9 Å². The third-order valence-electron chi connectivity index (χ3n) is 7.32. The molecule has 1 heterocycles. The van der Waals surface area contributed by atoms with Gasteiger partial charge in [-0.2, -0.15) is 0 Å². The number of unbranched alkanes of at least 4 members (excludes halogenated alkanes) is 16. The Bertz CT molecular complexity index is 599. The van der Waals surface area contributed by atoms with Gasteiger partial charge in [0.15, 0.2) is 18.5 Å². The van der Waals surface area contributed by atoms with Crippen LogP contribution in [0.2, 0.25) is 0 Å². The lowest BCUT2D eigenvalue weighted by Crippen LogP contribution is -2.61. The highest BCUT2D eigenvalue weighted by atomic mass is 16.7. The van der Waals surface area contributed by atoms with Crippen LogP contribution in [0.4, 0.5) is 0 Å². The molecule has 0 radical (unpaired) electrons. The van der Waals surface area contributed by atoms with Crippen LogP contribution in [0, 0.1) is 0 Å². The minimum Gasteiger partial charge on any atom is -0.455 e. The number of carbonyl (C=O) groups is 2. The van der Waals surface area contributed by atoms with Gasteiger partial charge in [0.1, 0.15) is 12.2 Å². The van der Waals surface area contributed by atoms with E-state index in [0.717, 1.165) is 38.5 Å². The molecule has 224 valence electrons. The zero-order valence-electron chi connectivity index (χ0n) is 24.1. The van der Waals surface area contributed by atoms with E-state index < -0.39 is 49.3 Å². The molecule has 0 saturated carbocycles. The van der Waals surface area contributed by atoms with Crippen molar-refractivity contribution in [3.8, 4) is 0 Å². The van der Waals surface area contributed by atoms with E-state index in [4.69, 9.17) is 14.2 Å². The van der Waals surface area contributed by atoms with Crippen molar-refractivity contribution >= 4 is 11.9 Å². The number of aliphatic hydroxyl groups excluding tert-OH is 3. The molecule has 8 nitrogen and oxygen atoms in total. The van der Waals surface area contributed by atoms with E-state index in [2.05, 4.69) is 13.8 Å². The Morgan fingerprint density at radius 3 is 1.37 bits per heavy atom. The second kappa shape index (κ2) is 22.6. The summed E-state index contributed by atoms with van der Waals surface area (Å²) in [6.45, 7) is 3.84. The summed E-state index contributed by atoms with van der Waals surface area (Å²) in [5.74, 6) is -1.06. The van der Waals surface area contributed by atoms with Gasteiger partial charge in [0.25, 0.3) is 0 Å². The third kappa shape index (κ3) is 15.4. The molecule has 1 saturated heterocycles. The zero-order valence-corrected chi connectivity index (χ0v) is 24.1. The molecule has 5 atom stereocenters. The molecular formula is C30H56O8. The molecule has 1 aliphatic heterocycles. The summed E-state index contributed by atoms with van der Waals surface area (Å²) in [5, 5.41) is 30.5. The van der Waals surface area contributed by atoms with E-state index in [1.165, 1.54) is 64.2 Å². The van der Waals surface area contributed by atoms with Crippen molar-refractivity contribution in [1.82, 2.24) is 0 Å². The largest absolute Gasteiger partial charge is 0.455 e. The lowest BCUT2D eigenvalue weighted by Gasteiger charge is -2.41. The Balaban J connectivity index is 2.40. The van der Waals surface area contributed by atoms with Gasteiger partial charge in [-0.15, -0.1) is 0 Å². The number of hydrogen-bond acceptors (Lipinski definition) is 8. The molecular weight excluding hydrogens is 488 g/mol. The maximum absolute atomic E-state index is 12.5. The number of carbonyl (C=O) groups excluding carboxylic acids is 2. The Hall–Kier alpha value is -1.22. The summed E-state index contributed by atoms with van der Waals surface area (Å²) in [6.07, 6.45) is 13.7. The molecule has 0 aromatic heterocycles. The van der Waals surface area contributed by atoms with Crippen LogP contribution in [-0.2, 0) is 23.8 Å². The summed E-state index contributed by atoms with van der Waals surface area (Å²) < 4.78 is 16.1. The quantitative estimate of drug-likeness (QED) is 0.110. The minimum atomic E-state index is -1.60. The minimum absolute atomic E-state index is 0.178. The molecule has 1 rings (SSSR count). The first kappa shape index (κ1) is 34.8. The average Bonchev–Trinajstić information content (AvgIpc) is 2.90. The van der Waals surface area contributed by atoms with Crippen molar-refractivity contribution in [2.75, 3.05) is 6.61 Å². The van der Waals surface area contributed by atoms with E-state index in [0.29, 0.717) is 12.8 Å². The van der Waals surface area contributed by atoms with E-state index in [-0.39, 0.29) is 12.8 Å². The molecule has 8 heteroatoms. The lowest BCUT2D eigenvalue weighted by atomic mass is 9.98. The second-order valence-electron chi connectivity index (χ2n) is 10.8. The molecule has 1 fully saturated rings. The van der Waals surface area contributed by atoms with Crippen molar-refractivity contribution in [1.29, 1.82) is 0 Å². The molecule has 0 aliphatic carbocycles. The molecule has 0 aromatic rings. The van der Waals surface area contributed by atoms with Gasteiger partial charge in [-0.05, 0) is 12.8 Å². The Morgan fingerprint density at radius 1 is 0.605 bits per heavy atom. The lowest BCUT2D eigenvalue weighted by molar-refractivity contribution is -0.293. The fourth-order valence-electron chi connectivity index (χ4n) is 4.90. The highest BCUT2D eigenvalue weighted by molar-refractivity contribution is 5.70. The Labute approximate surface area is 230 Å². The maximum atomic E-state index is 12.5. The van der Waals surface area contributed by atoms with Crippen molar-refractivity contribution in [2.45, 2.75) is 173 Å². The molecule has 0 bridgehead atoms. The van der Waals surface area contributed by atoms with E-state index in [1.54, 1.807) is 0 Å². The molecule has 1 unspecified atom stereocenters. The zero-order chi connectivity index (χ0) is 28.0. The van der Waals surface area contributed by atoms with Crippen LogP contribution >= 0.6 is 0 Å². The summed E-state index contributed by atoms with van der Waals surface area (Å²) >= 11 is 0. The van der Waals surface area contributed by atoms with Crippen LogP contribution in [0.15, 0.2) is 0 Å². The molecule has 38 heavy (non-hydrogen) atoms. The van der Waals surface area contributed by atoms with Crippen LogP contribution in [-0.4, -0.2) is 64.6 Å². The van der Waals surface area contributed by atoms with Crippen molar-refractivity contribution < 1.29 is 39.1 Å². The SMILES string of the molecule is CCCCCCCCCCCC(=O)O[C@H]1[C@H](O)[C@@H](CO)OC(O)[C@@H]1OC(=O)CCCCCCCCCCC. The smallest absolute Gasteiger partial charge is 0.306 e. The number of aliphatic hydroxyl groups is 3. The van der Waals surface area contributed by atoms with Crippen LogP contribution in [0.3, 0.4) is 0 Å². The van der Waals surface area contributed by atoms with E-state index >= 15 is 0 Å². The monoisotopic (exact) mass is 544 g/mol. The van der Waals surface area contributed by atoms with E-state index in [9.17, 15) is 24.9 Å². The summed E-state index contributed by atoms with van der Waals surface area (Å²) in [6, 6.07) is 0. The van der Waals surface area contributed by atoms with Crippen LogP contribution < -0.4 is 0 Å². The van der Waals surface area contributed by atoms with Crippen molar-refractivity contribution in [3.05, 3.63) is 0 Å². The fraction of sp³-hybridized carbons (Fsp3) is 0.933. The van der Waals surface area contributed by atoms with Crippen LogP contribution in [0.1, 0.15) is 142 Å². The normalized spacial score (nSPS) is 23.3. The first-order valence-electron chi connectivity index (χ1n) is 15.5. The number of ether oxygens (including phenoxy) is 3. The van der Waals surface area contributed by atoms with Gasteiger partial charge in [-0.25, -0.2) is 0 Å². The molecule has 0 spiro atoms. The third-order valence-corrected chi connectivity index (χ3v) is 7.32. The topological polar surface area (TPSA) is 123 Å². The average molecular weight is 545 g/mol. The van der Waals surface area contributed by atoms with Crippen LogP contribution in [0.25, 0.3) is 0 Å². The first-order valence-corrected chi connectivity index (χ1v) is 15.5. The molecule has 1 aliphatic rings. The van der Waals surface area contributed by atoms with Gasteiger partial charge in [0.05, 0.1) is 6.61 Å².